The van der Waals surface area contributed by atoms with Crippen LogP contribution >= 0.6 is 0 Å². The van der Waals surface area contributed by atoms with Crippen LogP contribution in [0.5, 0.6) is 0 Å². The van der Waals surface area contributed by atoms with E-state index in [-0.39, 0.29) is 22.6 Å². The molecule has 0 radical (unpaired) electrons. The molecule has 128 valence electrons. The normalized spacial score (nSPS) is 12.3. The minimum Gasteiger partial charge on any atom is -0.409 e. The van der Waals surface area contributed by atoms with E-state index in [1.807, 2.05) is 0 Å². The van der Waals surface area contributed by atoms with Gasteiger partial charge in [0.2, 0.25) is 0 Å². The highest BCUT2D eigenvalue weighted by Gasteiger charge is 2.33. The summed E-state index contributed by atoms with van der Waals surface area (Å²) in [6.45, 7) is -0.397. The summed E-state index contributed by atoms with van der Waals surface area (Å²) >= 11 is 0. The van der Waals surface area contributed by atoms with Gasteiger partial charge in [0.05, 0.1) is 11.3 Å². The molecule has 0 atom stereocenters. The first-order valence-corrected chi connectivity index (χ1v) is 6.59. The Morgan fingerprint density at radius 1 is 1.12 bits per heavy atom. The topological polar surface area (TPSA) is 70.6 Å². The van der Waals surface area contributed by atoms with E-state index in [4.69, 9.17) is 10.9 Å². The second-order valence-electron chi connectivity index (χ2n) is 4.83. The van der Waals surface area contributed by atoms with Gasteiger partial charge in [0.1, 0.15) is 11.6 Å². The molecule has 0 aliphatic heterocycles. The average Bonchev–Trinajstić information content (AvgIpc) is 2.53. The zero-order valence-corrected chi connectivity index (χ0v) is 12.0. The van der Waals surface area contributed by atoms with Crippen molar-refractivity contribution < 1.29 is 27.2 Å². The van der Waals surface area contributed by atoms with Crippen molar-refractivity contribution in [3.63, 3.8) is 0 Å². The van der Waals surface area contributed by atoms with Gasteiger partial charge < -0.3 is 16.3 Å². The quantitative estimate of drug-likeness (QED) is 0.260. The van der Waals surface area contributed by atoms with E-state index in [1.54, 1.807) is 0 Å². The van der Waals surface area contributed by atoms with Crippen LogP contribution in [0, 0.1) is 11.6 Å². The summed E-state index contributed by atoms with van der Waals surface area (Å²) in [5.41, 5.74) is 4.01. The molecular formula is C15H12F5N3O. The second-order valence-corrected chi connectivity index (χ2v) is 4.83. The van der Waals surface area contributed by atoms with Gasteiger partial charge in [-0.25, -0.2) is 8.78 Å². The van der Waals surface area contributed by atoms with E-state index in [0.717, 1.165) is 18.2 Å². The molecule has 0 bridgehead atoms. The Morgan fingerprint density at radius 3 is 2.46 bits per heavy atom. The number of rotatable bonds is 4. The lowest BCUT2D eigenvalue weighted by Crippen LogP contribution is -2.15. The highest BCUT2D eigenvalue weighted by Crippen LogP contribution is 2.33. The molecular weight excluding hydrogens is 333 g/mol. The molecule has 0 aliphatic carbocycles. The monoisotopic (exact) mass is 345 g/mol. The van der Waals surface area contributed by atoms with Crippen molar-refractivity contribution in [1.82, 2.24) is 0 Å². The number of hydrogen-bond donors (Lipinski definition) is 3. The number of nitrogens with two attached hydrogens (primary N) is 1. The van der Waals surface area contributed by atoms with Crippen molar-refractivity contribution in [3.8, 4) is 0 Å². The average molecular weight is 345 g/mol. The Hall–Kier alpha value is -2.84. The van der Waals surface area contributed by atoms with Crippen LogP contribution in [0.4, 0.5) is 27.6 Å². The lowest BCUT2D eigenvalue weighted by atomic mass is 10.1. The first-order chi connectivity index (χ1) is 11.2. The third-order valence-corrected chi connectivity index (χ3v) is 3.22. The van der Waals surface area contributed by atoms with Crippen molar-refractivity contribution >= 4 is 11.5 Å². The number of amidine groups is 1. The van der Waals surface area contributed by atoms with Crippen LogP contribution < -0.4 is 11.1 Å². The predicted octanol–water partition coefficient (Wildman–Crippen LogP) is 3.69. The Bertz CT molecular complexity index is 774. The van der Waals surface area contributed by atoms with Gasteiger partial charge in [-0.2, -0.15) is 13.2 Å². The Labute approximate surface area is 133 Å². The summed E-state index contributed by atoms with van der Waals surface area (Å²) < 4.78 is 65.6. The van der Waals surface area contributed by atoms with Crippen molar-refractivity contribution in [2.75, 3.05) is 5.32 Å². The maximum Gasteiger partial charge on any atom is 0.416 e. The van der Waals surface area contributed by atoms with Crippen LogP contribution in [-0.2, 0) is 12.7 Å². The molecule has 4 nitrogen and oxygen atoms in total. The number of benzene rings is 2. The number of oxime groups is 1. The lowest BCUT2D eigenvalue weighted by Gasteiger charge is -2.15. The Morgan fingerprint density at radius 2 is 1.83 bits per heavy atom. The Balaban J connectivity index is 2.29. The first-order valence-electron chi connectivity index (χ1n) is 6.59. The predicted molar refractivity (Wildman–Crippen MR) is 77.6 cm³/mol. The fourth-order valence-electron chi connectivity index (χ4n) is 2.03. The minimum absolute atomic E-state index is 0.142. The molecule has 2 aromatic carbocycles. The molecule has 9 heteroatoms. The highest BCUT2D eigenvalue weighted by atomic mass is 19.4. The van der Waals surface area contributed by atoms with E-state index in [9.17, 15) is 22.0 Å². The summed E-state index contributed by atoms with van der Waals surface area (Å²) in [7, 11) is 0. The van der Waals surface area contributed by atoms with E-state index in [1.165, 1.54) is 12.1 Å². The fraction of sp³-hybridized carbons (Fsp3) is 0.133. The zero-order chi connectivity index (χ0) is 17.9. The minimum atomic E-state index is -4.74. The van der Waals surface area contributed by atoms with Crippen LogP contribution in [0.1, 0.15) is 16.7 Å². The molecule has 0 aromatic heterocycles. The largest absolute Gasteiger partial charge is 0.416 e. The van der Waals surface area contributed by atoms with E-state index in [2.05, 4.69) is 10.5 Å². The maximum atomic E-state index is 13.8. The van der Waals surface area contributed by atoms with E-state index in [0.29, 0.717) is 6.07 Å². The molecule has 0 saturated carbocycles. The summed E-state index contributed by atoms with van der Waals surface area (Å²) in [5, 5.41) is 13.8. The molecule has 24 heavy (non-hydrogen) atoms. The molecule has 0 aliphatic rings. The fourth-order valence-corrected chi connectivity index (χ4v) is 2.03. The standard InChI is InChI=1S/C15H12F5N3O/c16-10-3-1-9(11(6-10)15(18,19)20)7-22-13-5-8(14(21)23-24)2-4-12(13)17/h1-6,22,24H,7H2,(H2,21,23). The lowest BCUT2D eigenvalue weighted by molar-refractivity contribution is -0.138. The van der Waals surface area contributed by atoms with Gasteiger partial charge in [0, 0.05) is 12.1 Å². The summed E-state index contributed by atoms with van der Waals surface area (Å²) in [6.07, 6.45) is -4.74. The summed E-state index contributed by atoms with van der Waals surface area (Å²) in [5.74, 6) is -2.04. The van der Waals surface area contributed by atoms with Crippen molar-refractivity contribution in [2.24, 2.45) is 10.9 Å². The molecule has 0 saturated heterocycles. The number of nitrogens with one attached hydrogen (secondary N) is 1. The summed E-state index contributed by atoms with van der Waals surface area (Å²) in [4.78, 5) is 0. The molecule has 0 heterocycles. The van der Waals surface area contributed by atoms with E-state index >= 15 is 0 Å². The molecule has 0 amide bonds. The van der Waals surface area contributed by atoms with Gasteiger partial charge in [0.25, 0.3) is 0 Å². The van der Waals surface area contributed by atoms with Gasteiger partial charge in [0.15, 0.2) is 5.84 Å². The molecule has 0 unspecified atom stereocenters. The number of alkyl halides is 3. The number of nitrogens with zero attached hydrogens (tertiary/aromatic N) is 1. The van der Waals surface area contributed by atoms with Crippen LogP contribution in [-0.4, -0.2) is 11.0 Å². The van der Waals surface area contributed by atoms with Crippen molar-refractivity contribution in [2.45, 2.75) is 12.7 Å². The first kappa shape index (κ1) is 17.5. The third-order valence-electron chi connectivity index (χ3n) is 3.22. The van der Waals surface area contributed by atoms with Gasteiger partial charge in [-0.05, 0) is 35.9 Å². The summed E-state index contributed by atoms with van der Waals surface area (Å²) in [6, 6.07) is 5.67. The van der Waals surface area contributed by atoms with Gasteiger partial charge >= 0.3 is 6.18 Å². The number of hydrogen-bond acceptors (Lipinski definition) is 3. The van der Waals surface area contributed by atoms with Gasteiger partial charge in [-0.1, -0.05) is 11.2 Å². The van der Waals surface area contributed by atoms with Crippen LogP contribution in [0.15, 0.2) is 41.6 Å². The smallest absolute Gasteiger partial charge is 0.409 e. The van der Waals surface area contributed by atoms with Crippen LogP contribution in [0.2, 0.25) is 0 Å². The molecule has 0 spiro atoms. The molecule has 4 N–H and O–H groups in total. The van der Waals surface area contributed by atoms with Crippen molar-refractivity contribution in [3.05, 3.63) is 64.7 Å². The SMILES string of the molecule is NC(=NO)c1ccc(F)c(NCc2ccc(F)cc2C(F)(F)F)c1. The van der Waals surface area contributed by atoms with Gasteiger partial charge in [-0.3, -0.25) is 0 Å². The highest BCUT2D eigenvalue weighted by molar-refractivity contribution is 5.97. The molecule has 0 fully saturated rings. The number of halogens is 5. The molecule has 2 aromatic rings. The number of anilines is 1. The van der Waals surface area contributed by atoms with Crippen LogP contribution in [0.25, 0.3) is 0 Å². The van der Waals surface area contributed by atoms with Gasteiger partial charge in [-0.15, -0.1) is 0 Å². The van der Waals surface area contributed by atoms with E-state index < -0.39 is 29.9 Å². The third kappa shape index (κ3) is 3.92. The van der Waals surface area contributed by atoms with Crippen molar-refractivity contribution in [1.29, 1.82) is 0 Å². The second kappa shape index (κ2) is 6.73. The zero-order valence-electron chi connectivity index (χ0n) is 12.0. The molecule has 2 rings (SSSR count). The Kier molecular flexibility index (Phi) is 4.91. The maximum absolute atomic E-state index is 13.8. The van der Waals surface area contributed by atoms with Crippen LogP contribution in [0.3, 0.4) is 0 Å².